The lowest BCUT2D eigenvalue weighted by Gasteiger charge is -2.22. The minimum Gasteiger partial charge on any atom is -0.504 e. The van der Waals surface area contributed by atoms with Crippen LogP contribution in [0.3, 0.4) is 0 Å². The molecule has 2 rings (SSSR count). The summed E-state index contributed by atoms with van der Waals surface area (Å²) in [5.41, 5.74) is 1.59. The van der Waals surface area contributed by atoms with Crippen molar-refractivity contribution in [3.8, 4) is 23.0 Å². The van der Waals surface area contributed by atoms with Gasteiger partial charge in [0.2, 0.25) is 0 Å². The summed E-state index contributed by atoms with van der Waals surface area (Å²) in [5.74, 6) is 1.47. The van der Waals surface area contributed by atoms with Gasteiger partial charge >= 0.3 is 0 Å². The number of aliphatic hydroxyl groups excluding tert-OH is 1. The summed E-state index contributed by atoms with van der Waals surface area (Å²) in [5, 5.41) is 20.2. The summed E-state index contributed by atoms with van der Waals surface area (Å²) in [4.78, 5) is 0. The molecule has 0 amide bonds. The highest BCUT2D eigenvalue weighted by Crippen LogP contribution is 2.34. The monoisotopic (exact) mass is 344 g/mol. The van der Waals surface area contributed by atoms with E-state index in [9.17, 15) is 10.2 Å². The number of hydrogen-bond donors (Lipinski definition) is 2. The molecule has 0 unspecified atom stereocenters. The molecule has 0 bridgehead atoms. The highest BCUT2D eigenvalue weighted by atomic mass is 16.5. The van der Waals surface area contributed by atoms with Crippen LogP contribution in [0.2, 0.25) is 0 Å². The number of phenols is 1. The van der Waals surface area contributed by atoms with Crippen LogP contribution in [0.15, 0.2) is 42.5 Å². The van der Waals surface area contributed by atoms with Crippen molar-refractivity contribution >= 4 is 6.08 Å². The standard InChI is InChI=1S/C20H24O5/c1-5-6-14-7-10-17(19(11-14)24-4)25-13(2)20(22)15-8-9-16(21)18(12-15)23-3/h5-13,20-22H,1-4H3/t13-,20+/m0/s1. The van der Waals surface area contributed by atoms with Gasteiger partial charge in [0.15, 0.2) is 23.0 Å². The highest BCUT2D eigenvalue weighted by Gasteiger charge is 2.21. The summed E-state index contributed by atoms with van der Waals surface area (Å²) in [6.07, 6.45) is 2.48. The molecule has 0 aliphatic rings. The topological polar surface area (TPSA) is 68.2 Å². The summed E-state index contributed by atoms with van der Waals surface area (Å²) in [6, 6.07) is 10.3. The van der Waals surface area contributed by atoms with Crippen molar-refractivity contribution in [3.63, 3.8) is 0 Å². The molecule has 134 valence electrons. The van der Waals surface area contributed by atoms with E-state index in [1.807, 2.05) is 37.3 Å². The van der Waals surface area contributed by atoms with E-state index in [2.05, 4.69) is 0 Å². The molecule has 0 saturated carbocycles. The van der Waals surface area contributed by atoms with Gasteiger partial charge in [-0.2, -0.15) is 0 Å². The summed E-state index contributed by atoms with van der Waals surface area (Å²) >= 11 is 0. The van der Waals surface area contributed by atoms with Gasteiger partial charge in [-0.3, -0.25) is 0 Å². The van der Waals surface area contributed by atoms with E-state index >= 15 is 0 Å². The van der Waals surface area contributed by atoms with Gasteiger partial charge in [0.25, 0.3) is 0 Å². The maximum atomic E-state index is 10.5. The van der Waals surface area contributed by atoms with Crippen molar-refractivity contribution in [2.45, 2.75) is 26.1 Å². The fourth-order valence-electron chi connectivity index (χ4n) is 2.49. The SMILES string of the molecule is CC=Cc1ccc(O[C@@H](C)[C@@H](O)c2ccc(O)c(OC)c2)c(OC)c1. The van der Waals surface area contributed by atoms with Crippen LogP contribution >= 0.6 is 0 Å². The largest absolute Gasteiger partial charge is 0.504 e. The van der Waals surface area contributed by atoms with Crippen molar-refractivity contribution in [3.05, 3.63) is 53.6 Å². The van der Waals surface area contributed by atoms with Crippen LogP contribution in [-0.4, -0.2) is 30.5 Å². The summed E-state index contributed by atoms with van der Waals surface area (Å²) in [7, 11) is 3.04. The zero-order chi connectivity index (χ0) is 18.4. The lowest BCUT2D eigenvalue weighted by Crippen LogP contribution is -2.22. The minimum atomic E-state index is -0.894. The summed E-state index contributed by atoms with van der Waals surface area (Å²) < 4.78 is 16.3. The normalized spacial score (nSPS) is 13.5. The lowest BCUT2D eigenvalue weighted by molar-refractivity contribution is 0.0450. The Kier molecular flexibility index (Phi) is 6.31. The number of aliphatic hydroxyl groups is 1. The molecule has 5 nitrogen and oxygen atoms in total. The second-order valence-corrected chi connectivity index (χ2v) is 5.61. The van der Waals surface area contributed by atoms with Gasteiger partial charge in [-0.15, -0.1) is 0 Å². The lowest BCUT2D eigenvalue weighted by atomic mass is 10.0. The third-order valence-corrected chi connectivity index (χ3v) is 3.85. The first-order valence-corrected chi connectivity index (χ1v) is 8.02. The van der Waals surface area contributed by atoms with E-state index < -0.39 is 12.2 Å². The number of methoxy groups -OCH3 is 2. The average molecular weight is 344 g/mol. The summed E-state index contributed by atoms with van der Waals surface area (Å²) in [6.45, 7) is 3.71. The fourth-order valence-corrected chi connectivity index (χ4v) is 2.49. The van der Waals surface area contributed by atoms with Gasteiger partial charge in [0, 0.05) is 0 Å². The Balaban J connectivity index is 2.19. The second-order valence-electron chi connectivity index (χ2n) is 5.61. The smallest absolute Gasteiger partial charge is 0.161 e. The first-order valence-electron chi connectivity index (χ1n) is 8.02. The van der Waals surface area contributed by atoms with Gasteiger partial charge in [-0.1, -0.05) is 24.3 Å². The third kappa shape index (κ3) is 4.45. The molecule has 2 atom stereocenters. The van der Waals surface area contributed by atoms with E-state index in [4.69, 9.17) is 14.2 Å². The Morgan fingerprint density at radius 2 is 1.68 bits per heavy atom. The first kappa shape index (κ1) is 18.7. The minimum absolute atomic E-state index is 0.0215. The van der Waals surface area contributed by atoms with Gasteiger partial charge in [-0.05, 0) is 49.2 Å². The van der Waals surface area contributed by atoms with Crippen LogP contribution in [0.5, 0.6) is 23.0 Å². The Labute approximate surface area is 148 Å². The fraction of sp³-hybridized carbons (Fsp3) is 0.300. The zero-order valence-electron chi connectivity index (χ0n) is 14.9. The van der Waals surface area contributed by atoms with Crippen molar-refractivity contribution in [2.75, 3.05) is 14.2 Å². The Bertz CT molecular complexity index is 739. The molecule has 2 aromatic rings. The van der Waals surface area contributed by atoms with Crippen molar-refractivity contribution < 1.29 is 24.4 Å². The van der Waals surface area contributed by atoms with Gasteiger partial charge in [0.1, 0.15) is 12.2 Å². The Morgan fingerprint density at radius 3 is 2.32 bits per heavy atom. The van der Waals surface area contributed by atoms with Crippen molar-refractivity contribution in [1.82, 2.24) is 0 Å². The van der Waals surface area contributed by atoms with Crippen molar-refractivity contribution in [2.24, 2.45) is 0 Å². The Morgan fingerprint density at radius 1 is 0.960 bits per heavy atom. The third-order valence-electron chi connectivity index (χ3n) is 3.85. The molecule has 2 N–H and O–H groups in total. The van der Waals surface area contributed by atoms with Crippen LogP contribution in [0.4, 0.5) is 0 Å². The second kappa shape index (κ2) is 8.44. The van der Waals surface area contributed by atoms with E-state index in [-0.39, 0.29) is 5.75 Å². The van der Waals surface area contributed by atoms with Crippen LogP contribution in [0.25, 0.3) is 6.08 Å². The number of ether oxygens (including phenoxy) is 3. The molecule has 0 radical (unpaired) electrons. The molecule has 0 heterocycles. The maximum Gasteiger partial charge on any atom is 0.161 e. The van der Waals surface area contributed by atoms with Crippen LogP contribution in [0, 0.1) is 0 Å². The predicted molar refractivity (Wildman–Crippen MR) is 97.4 cm³/mol. The molecule has 0 aliphatic carbocycles. The van der Waals surface area contributed by atoms with Crippen molar-refractivity contribution in [1.29, 1.82) is 0 Å². The van der Waals surface area contributed by atoms with Gasteiger partial charge < -0.3 is 24.4 Å². The number of hydrogen-bond acceptors (Lipinski definition) is 5. The van der Waals surface area contributed by atoms with Crippen LogP contribution in [-0.2, 0) is 0 Å². The first-order chi connectivity index (χ1) is 12.0. The molecule has 2 aromatic carbocycles. The van der Waals surface area contributed by atoms with Crippen LogP contribution in [0.1, 0.15) is 31.1 Å². The predicted octanol–water partition coefficient (Wildman–Crippen LogP) is 3.94. The van der Waals surface area contributed by atoms with E-state index in [1.54, 1.807) is 26.2 Å². The molecular formula is C20H24O5. The van der Waals surface area contributed by atoms with Gasteiger partial charge in [0.05, 0.1) is 14.2 Å². The molecule has 25 heavy (non-hydrogen) atoms. The number of allylic oxidation sites excluding steroid dienone is 1. The number of rotatable bonds is 7. The van der Waals surface area contributed by atoms with E-state index in [0.717, 1.165) is 5.56 Å². The number of aromatic hydroxyl groups is 1. The van der Waals surface area contributed by atoms with Gasteiger partial charge in [-0.25, -0.2) is 0 Å². The highest BCUT2D eigenvalue weighted by molar-refractivity contribution is 5.55. The molecule has 0 aliphatic heterocycles. The molecule has 0 aromatic heterocycles. The molecular weight excluding hydrogens is 320 g/mol. The number of phenolic OH excluding ortho intramolecular Hbond substituents is 1. The molecule has 0 saturated heterocycles. The van der Waals surface area contributed by atoms with E-state index in [0.29, 0.717) is 22.8 Å². The van der Waals surface area contributed by atoms with Crippen LogP contribution < -0.4 is 14.2 Å². The zero-order valence-corrected chi connectivity index (χ0v) is 14.9. The van der Waals surface area contributed by atoms with E-state index in [1.165, 1.54) is 13.2 Å². The Hall–Kier alpha value is -2.66. The quantitative estimate of drug-likeness (QED) is 0.796. The number of benzene rings is 2. The molecule has 5 heteroatoms. The average Bonchev–Trinajstić information content (AvgIpc) is 2.62. The molecule has 0 fully saturated rings. The molecule has 0 spiro atoms. The maximum absolute atomic E-state index is 10.5.